The number of nitrogens with zero attached hydrogens (tertiary/aromatic N) is 1. The standard InChI is InChI=1S/C23H24N2O3S/c1-2-27-19-11-5-3-8-16(19)14-25-23-21(18-10-4-6-12-20(18)29-23)22(26)24-15-17-9-7-13-28-17/h3,5,7-9,11,13-14H,2,4,6,10,12,15H2,1H3,(H,24,26). The van der Waals surface area contributed by atoms with Crippen LogP contribution in [0.5, 0.6) is 5.75 Å². The summed E-state index contributed by atoms with van der Waals surface area (Å²) in [5, 5.41) is 3.75. The molecule has 1 amide bonds. The van der Waals surface area contributed by atoms with Gasteiger partial charge in [0.05, 0.1) is 25.0 Å². The van der Waals surface area contributed by atoms with Crippen molar-refractivity contribution in [3.05, 3.63) is 70.0 Å². The number of carbonyl (C=O) groups is 1. The molecule has 150 valence electrons. The molecular formula is C23H24N2O3S. The second-order valence-corrected chi connectivity index (χ2v) is 7.97. The summed E-state index contributed by atoms with van der Waals surface area (Å²) in [6.07, 6.45) is 7.63. The van der Waals surface area contributed by atoms with Gasteiger partial charge in [0.15, 0.2) is 0 Å². The lowest BCUT2D eigenvalue weighted by Crippen LogP contribution is -2.23. The molecule has 0 fully saturated rings. The number of hydrogen-bond acceptors (Lipinski definition) is 5. The molecule has 3 aromatic rings. The van der Waals surface area contributed by atoms with E-state index < -0.39 is 0 Å². The number of ether oxygens (including phenoxy) is 1. The number of furan rings is 1. The monoisotopic (exact) mass is 408 g/mol. The molecule has 0 aliphatic heterocycles. The van der Waals surface area contributed by atoms with E-state index in [0.29, 0.717) is 18.7 Å². The van der Waals surface area contributed by atoms with E-state index in [0.717, 1.165) is 53.3 Å². The van der Waals surface area contributed by atoms with Crippen LogP contribution in [0.1, 0.15) is 51.9 Å². The minimum absolute atomic E-state index is 0.0916. The van der Waals surface area contributed by atoms with Gasteiger partial charge in [0.25, 0.3) is 5.91 Å². The number of amides is 1. The Labute approximate surface area is 174 Å². The average Bonchev–Trinajstić information content (AvgIpc) is 3.39. The molecule has 0 unspecified atom stereocenters. The highest BCUT2D eigenvalue weighted by atomic mass is 32.1. The van der Waals surface area contributed by atoms with Crippen LogP contribution < -0.4 is 10.1 Å². The lowest BCUT2D eigenvalue weighted by Gasteiger charge is -2.12. The first-order chi connectivity index (χ1) is 14.3. The summed E-state index contributed by atoms with van der Waals surface area (Å²) in [6, 6.07) is 11.5. The Morgan fingerprint density at radius 2 is 2.10 bits per heavy atom. The first kappa shape index (κ1) is 19.5. The summed E-state index contributed by atoms with van der Waals surface area (Å²) < 4.78 is 11.0. The fourth-order valence-corrected chi connectivity index (χ4v) is 4.78. The fraction of sp³-hybridized carbons (Fsp3) is 0.304. The molecule has 0 saturated carbocycles. The molecule has 0 spiro atoms. The van der Waals surface area contributed by atoms with Crippen LogP contribution in [-0.4, -0.2) is 18.7 Å². The number of hydrogen-bond donors (Lipinski definition) is 1. The molecule has 1 aliphatic carbocycles. The smallest absolute Gasteiger partial charge is 0.255 e. The van der Waals surface area contributed by atoms with Crippen molar-refractivity contribution in [3.8, 4) is 5.75 Å². The maximum Gasteiger partial charge on any atom is 0.255 e. The Morgan fingerprint density at radius 1 is 1.24 bits per heavy atom. The van der Waals surface area contributed by atoms with Crippen LogP contribution in [0.2, 0.25) is 0 Å². The molecule has 5 nitrogen and oxygen atoms in total. The van der Waals surface area contributed by atoms with Gasteiger partial charge in [0.2, 0.25) is 0 Å². The lowest BCUT2D eigenvalue weighted by molar-refractivity contribution is 0.0948. The van der Waals surface area contributed by atoms with Crippen LogP contribution in [0.15, 0.2) is 52.1 Å². The van der Waals surface area contributed by atoms with Gasteiger partial charge in [0, 0.05) is 16.7 Å². The van der Waals surface area contributed by atoms with Gasteiger partial charge in [-0.3, -0.25) is 4.79 Å². The molecule has 1 aromatic carbocycles. The molecule has 1 aliphatic rings. The maximum atomic E-state index is 13.0. The van der Waals surface area contributed by atoms with E-state index in [1.165, 1.54) is 4.88 Å². The third-order valence-corrected chi connectivity index (χ3v) is 6.12. The molecular weight excluding hydrogens is 384 g/mol. The molecule has 29 heavy (non-hydrogen) atoms. The van der Waals surface area contributed by atoms with E-state index in [1.54, 1.807) is 23.8 Å². The zero-order valence-corrected chi connectivity index (χ0v) is 17.3. The molecule has 1 N–H and O–H groups in total. The van der Waals surface area contributed by atoms with Crippen LogP contribution >= 0.6 is 11.3 Å². The van der Waals surface area contributed by atoms with Gasteiger partial charge < -0.3 is 14.5 Å². The van der Waals surface area contributed by atoms with Crippen molar-refractivity contribution in [2.24, 2.45) is 4.99 Å². The van der Waals surface area contributed by atoms with Crippen molar-refractivity contribution in [1.29, 1.82) is 0 Å². The van der Waals surface area contributed by atoms with Crippen LogP contribution in [-0.2, 0) is 19.4 Å². The predicted octanol–water partition coefficient (Wildman–Crippen LogP) is 5.30. The number of aliphatic imine (C=N–C) groups is 1. The maximum absolute atomic E-state index is 13.0. The Morgan fingerprint density at radius 3 is 2.93 bits per heavy atom. The van der Waals surface area contributed by atoms with Gasteiger partial charge >= 0.3 is 0 Å². The summed E-state index contributed by atoms with van der Waals surface area (Å²) in [5.74, 6) is 1.44. The number of thiophene rings is 1. The molecule has 0 saturated heterocycles. The molecule has 4 rings (SSSR count). The second kappa shape index (κ2) is 9.09. The van der Waals surface area contributed by atoms with Crippen molar-refractivity contribution in [1.82, 2.24) is 5.32 Å². The fourth-order valence-electron chi connectivity index (χ4n) is 3.55. The summed E-state index contributed by atoms with van der Waals surface area (Å²) >= 11 is 1.63. The summed E-state index contributed by atoms with van der Waals surface area (Å²) in [4.78, 5) is 19.0. The Hall–Kier alpha value is -2.86. The number of benzene rings is 1. The highest BCUT2D eigenvalue weighted by molar-refractivity contribution is 7.16. The topological polar surface area (TPSA) is 63.8 Å². The summed E-state index contributed by atoms with van der Waals surface area (Å²) in [5.41, 5.74) is 2.77. The van der Waals surface area contributed by atoms with E-state index >= 15 is 0 Å². The number of carbonyl (C=O) groups excluding carboxylic acids is 1. The van der Waals surface area contributed by atoms with E-state index in [4.69, 9.17) is 14.1 Å². The van der Waals surface area contributed by atoms with Gasteiger partial charge in [-0.25, -0.2) is 4.99 Å². The van der Waals surface area contributed by atoms with Gasteiger partial charge in [0.1, 0.15) is 16.5 Å². The zero-order valence-electron chi connectivity index (χ0n) is 16.4. The van der Waals surface area contributed by atoms with Crippen molar-refractivity contribution >= 4 is 28.5 Å². The third-order valence-electron chi connectivity index (χ3n) is 4.92. The minimum atomic E-state index is -0.0916. The normalized spacial score (nSPS) is 13.4. The van der Waals surface area contributed by atoms with E-state index in [9.17, 15) is 4.79 Å². The largest absolute Gasteiger partial charge is 0.493 e. The number of para-hydroxylation sites is 1. The Bertz CT molecular complexity index is 1010. The van der Waals surface area contributed by atoms with Gasteiger partial charge in [-0.1, -0.05) is 12.1 Å². The third kappa shape index (κ3) is 4.43. The zero-order chi connectivity index (χ0) is 20.1. The molecule has 0 atom stereocenters. The quantitative estimate of drug-likeness (QED) is 0.540. The first-order valence-electron chi connectivity index (χ1n) is 9.97. The highest BCUT2D eigenvalue weighted by Gasteiger charge is 2.25. The molecule has 0 radical (unpaired) electrons. The van der Waals surface area contributed by atoms with Crippen molar-refractivity contribution in [2.75, 3.05) is 6.61 Å². The van der Waals surface area contributed by atoms with Gasteiger partial charge in [-0.15, -0.1) is 11.3 Å². The van der Waals surface area contributed by atoms with Gasteiger partial charge in [-0.2, -0.15) is 0 Å². The first-order valence-corrected chi connectivity index (χ1v) is 10.8. The Balaban J connectivity index is 1.63. The van der Waals surface area contributed by atoms with Crippen molar-refractivity contribution in [3.63, 3.8) is 0 Å². The summed E-state index contributed by atoms with van der Waals surface area (Å²) in [7, 11) is 0. The van der Waals surface area contributed by atoms with Gasteiger partial charge in [-0.05, 0) is 62.4 Å². The van der Waals surface area contributed by atoms with E-state index in [2.05, 4.69) is 5.32 Å². The molecule has 0 bridgehead atoms. The van der Waals surface area contributed by atoms with Crippen LogP contribution in [0.3, 0.4) is 0 Å². The molecule has 2 aromatic heterocycles. The van der Waals surface area contributed by atoms with E-state index in [-0.39, 0.29) is 5.91 Å². The number of aryl methyl sites for hydroxylation is 1. The SMILES string of the molecule is CCOc1ccccc1C=Nc1sc2c(c1C(=O)NCc1ccco1)CCCC2. The molecule has 2 heterocycles. The number of fused-ring (bicyclic) bond motifs is 1. The van der Waals surface area contributed by atoms with Crippen LogP contribution in [0.4, 0.5) is 5.00 Å². The molecule has 6 heteroatoms. The van der Waals surface area contributed by atoms with Crippen molar-refractivity contribution < 1.29 is 13.9 Å². The lowest BCUT2D eigenvalue weighted by atomic mass is 9.95. The predicted molar refractivity (Wildman–Crippen MR) is 116 cm³/mol. The van der Waals surface area contributed by atoms with E-state index in [1.807, 2.05) is 43.3 Å². The second-order valence-electron chi connectivity index (χ2n) is 6.88. The number of rotatable bonds is 7. The summed E-state index contributed by atoms with van der Waals surface area (Å²) in [6.45, 7) is 2.92. The highest BCUT2D eigenvalue weighted by Crippen LogP contribution is 2.40. The average molecular weight is 409 g/mol. The van der Waals surface area contributed by atoms with Crippen molar-refractivity contribution in [2.45, 2.75) is 39.2 Å². The number of nitrogens with one attached hydrogen (secondary N) is 1. The minimum Gasteiger partial charge on any atom is -0.493 e. The van der Waals surface area contributed by atoms with Crippen LogP contribution in [0, 0.1) is 0 Å². The van der Waals surface area contributed by atoms with Crippen LogP contribution in [0.25, 0.3) is 0 Å². The Kier molecular flexibility index (Phi) is 6.10.